The minimum atomic E-state index is -0.415. The largest absolute Gasteiger partial charge is 0.375 e. The van der Waals surface area contributed by atoms with Gasteiger partial charge >= 0.3 is 0 Å². The fourth-order valence-electron chi connectivity index (χ4n) is 1.40. The lowest BCUT2D eigenvalue weighted by Gasteiger charge is -2.04. The number of carbonyl (C=O) groups excluding carboxylic acids is 1. The van der Waals surface area contributed by atoms with Crippen molar-refractivity contribution in [2.75, 3.05) is 11.1 Å². The molecule has 1 aromatic heterocycles. The Morgan fingerprint density at radius 3 is 2.63 bits per heavy atom. The zero-order valence-electron chi connectivity index (χ0n) is 9.54. The average molecular weight is 269 g/mol. The summed E-state index contributed by atoms with van der Waals surface area (Å²) in [5.74, 6) is -0.415. The lowest BCUT2D eigenvalue weighted by molar-refractivity contribution is 0.102. The summed E-state index contributed by atoms with van der Waals surface area (Å²) in [4.78, 5) is 15.7. The predicted octanol–water partition coefficient (Wildman–Crippen LogP) is 1.72. The van der Waals surface area contributed by atoms with Gasteiger partial charge in [-0.2, -0.15) is 10.5 Å². The highest BCUT2D eigenvalue weighted by Gasteiger charge is 2.11. The molecule has 0 bridgehead atoms. The van der Waals surface area contributed by atoms with Gasteiger partial charge in [-0.25, -0.2) is 4.98 Å². The highest BCUT2D eigenvalue weighted by atomic mass is 32.1. The molecule has 0 aliphatic heterocycles. The third-order valence-electron chi connectivity index (χ3n) is 2.27. The second-order valence-corrected chi connectivity index (χ2v) is 4.40. The number of hydrogen-bond acceptors (Lipinski definition) is 6. The molecule has 92 valence electrons. The molecule has 0 saturated carbocycles. The molecule has 0 radical (unpaired) electrons. The predicted molar refractivity (Wildman–Crippen MR) is 70.4 cm³/mol. The molecule has 1 heterocycles. The van der Waals surface area contributed by atoms with Gasteiger partial charge in [0.15, 0.2) is 5.13 Å². The quantitative estimate of drug-likeness (QED) is 0.861. The van der Waals surface area contributed by atoms with Crippen molar-refractivity contribution in [2.45, 2.75) is 0 Å². The van der Waals surface area contributed by atoms with Gasteiger partial charge in [0.2, 0.25) is 0 Å². The molecule has 0 aliphatic carbocycles. The topological polar surface area (TPSA) is 116 Å². The number of nitrogens with one attached hydrogen (secondary N) is 1. The third-order valence-corrected chi connectivity index (χ3v) is 2.95. The van der Waals surface area contributed by atoms with E-state index in [1.165, 1.54) is 23.5 Å². The van der Waals surface area contributed by atoms with Crippen molar-refractivity contribution in [1.29, 1.82) is 10.5 Å². The normalized spacial score (nSPS) is 9.37. The third kappa shape index (κ3) is 2.68. The van der Waals surface area contributed by atoms with E-state index < -0.39 is 5.91 Å². The van der Waals surface area contributed by atoms with Crippen LogP contribution in [0.5, 0.6) is 0 Å². The van der Waals surface area contributed by atoms with E-state index in [1.54, 1.807) is 11.4 Å². The maximum absolute atomic E-state index is 11.8. The number of rotatable bonds is 2. The first-order valence-electron chi connectivity index (χ1n) is 5.10. The van der Waals surface area contributed by atoms with Crippen LogP contribution >= 0.6 is 11.3 Å². The van der Waals surface area contributed by atoms with E-state index >= 15 is 0 Å². The van der Waals surface area contributed by atoms with Gasteiger partial charge in [-0.15, -0.1) is 11.3 Å². The number of aromatic nitrogens is 1. The number of thiazole rings is 1. The molecule has 2 aromatic rings. The maximum Gasteiger partial charge on any atom is 0.275 e. The number of anilines is 2. The molecular weight excluding hydrogens is 262 g/mol. The van der Waals surface area contributed by atoms with Crippen LogP contribution in [0.2, 0.25) is 0 Å². The van der Waals surface area contributed by atoms with Gasteiger partial charge < -0.3 is 11.1 Å². The Kier molecular flexibility index (Phi) is 3.42. The lowest BCUT2D eigenvalue weighted by atomic mass is 10.1. The number of hydrogen-bond donors (Lipinski definition) is 2. The zero-order valence-corrected chi connectivity index (χ0v) is 10.4. The Bertz CT molecular complexity index is 722. The maximum atomic E-state index is 11.8. The molecule has 0 fully saturated rings. The number of benzene rings is 1. The summed E-state index contributed by atoms with van der Waals surface area (Å²) in [7, 11) is 0. The van der Waals surface area contributed by atoms with E-state index in [-0.39, 0.29) is 16.8 Å². The number of nitrogens with two attached hydrogens (primary N) is 1. The fraction of sp³-hybridized carbons (Fsp3) is 0. The second-order valence-electron chi connectivity index (χ2n) is 3.51. The molecule has 2 rings (SSSR count). The van der Waals surface area contributed by atoms with E-state index in [0.717, 1.165) is 0 Å². The lowest BCUT2D eigenvalue weighted by Crippen LogP contribution is -2.12. The smallest absolute Gasteiger partial charge is 0.275 e. The summed E-state index contributed by atoms with van der Waals surface area (Å²) in [5, 5.41) is 22.1. The van der Waals surface area contributed by atoms with E-state index in [4.69, 9.17) is 16.3 Å². The van der Waals surface area contributed by atoms with Crippen LogP contribution in [0.4, 0.5) is 10.8 Å². The second kappa shape index (κ2) is 5.17. The minimum Gasteiger partial charge on any atom is -0.375 e. The number of nitrogen functional groups attached to an aromatic ring is 1. The fourth-order valence-corrected chi connectivity index (χ4v) is 1.94. The van der Waals surface area contributed by atoms with Crippen LogP contribution < -0.4 is 11.1 Å². The summed E-state index contributed by atoms with van der Waals surface area (Å²) in [5.41, 5.74) is 6.55. The monoisotopic (exact) mass is 269 g/mol. The Hall–Kier alpha value is -2.90. The van der Waals surface area contributed by atoms with Crippen LogP contribution in [0.3, 0.4) is 0 Å². The zero-order chi connectivity index (χ0) is 13.8. The minimum absolute atomic E-state index is 0.207. The summed E-state index contributed by atoms with van der Waals surface area (Å²) in [6.07, 6.45) is 0. The summed E-state index contributed by atoms with van der Waals surface area (Å²) >= 11 is 1.17. The first kappa shape index (κ1) is 12.6. The van der Waals surface area contributed by atoms with Crippen molar-refractivity contribution in [2.24, 2.45) is 0 Å². The molecule has 0 unspecified atom stereocenters. The molecule has 0 spiro atoms. The highest BCUT2D eigenvalue weighted by molar-refractivity contribution is 7.13. The average Bonchev–Trinajstić information content (AvgIpc) is 2.85. The first-order valence-corrected chi connectivity index (χ1v) is 5.98. The van der Waals surface area contributed by atoms with Crippen LogP contribution in [0.1, 0.15) is 21.6 Å². The van der Waals surface area contributed by atoms with Crippen molar-refractivity contribution < 1.29 is 4.79 Å². The SMILES string of the molecule is N#Cc1ccc(NC(=O)c2csc(N)n2)cc1C#N. The Balaban J connectivity index is 2.23. The molecular formula is C12H7N5OS. The van der Waals surface area contributed by atoms with Crippen LogP contribution in [-0.2, 0) is 0 Å². The standard InChI is InChI=1S/C12H7N5OS/c13-4-7-1-2-9(3-8(7)5-14)16-11(18)10-6-19-12(15)17-10/h1-3,6H,(H2,15,17)(H,16,18). The number of nitriles is 2. The Morgan fingerprint density at radius 2 is 2.05 bits per heavy atom. The number of carbonyl (C=O) groups is 1. The van der Waals surface area contributed by atoms with E-state index in [0.29, 0.717) is 10.8 Å². The number of nitrogens with zero attached hydrogens (tertiary/aromatic N) is 3. The van der Waals surface area contributed by atoms with E-state index in [9.17, 15) is 4.79 Å². The molecule has 3 N–H and O–H groups in total. The van der Waals surface area contributed by atoms with Crippen molar-refractivity contribution in [3.63, 3.8) is 0 Å². The molecule has 19 heavy (non-hydrogen) atoms. The Morgan fingerprint density at radius 1 is 1.32 bits per heavy atom. The van der Waals surface area contributed by atoms with Gasteiger partial charge in [-0.1, -0.05) is 0 Å². The van der Waals surface area contributed by atoms with Crippen LogP contribution in [0, 0.1) is 22.7 Å². The van der Waals surface area contributed by atoms with Crippen molar-refractivity contribution >= 4 is 28.1 Å². The molecule has 1 aromatic carbocycles. The van der Waals surface area contributed by atoms with Crippen molar-refractivity contribution in [1.82, 2.24) is 4.98 Å². The molecule has 6 nitrogen and oxygen atoms in total. The van der Waals surface area contributed by atoms with Gasteiger partial charge in [-0.05, 0) is 18.2 Å². The number of amides is 1. The van der Waals surface area contributed by atoms with Gasteiger partial charge in [0, 0.05) is 11.1 Å². The van der Waals surface area contributed by atoms with E-state index in [2.05, 4.69) is 10.3 Å². The first-order chi connectivity index (χ1) is 9.13. The van der Waals surface area contributed by atoms with Crippen LogP contribution in [-0.4, -0.2) is 10.9 Å². The molecule has 0 atom stereocenters. The molecule has 0 saturated heterocycles. The summed E-state index contributed by atoms with van der Waals surface area (Å²) in [6.45, 7) is 0. The molecule has 0 aliphatic rings. The van der Waals surface area contributed by atoms with Gasteiger partial charge in [0.05, 0.1) is 11.1 Å². The van der Waals surface area contributed by atoms with Crippen molar-refractivity contribution in [3.8, 4) is 12.1 Å². The Labute approximate surface area is 112 Å². The summed E-state index contributed by atoms with van der Waals surface area (Å²) < 4.78 is 0. The highest BCUT2D eigenvalue weighted by Crippen LogP contribution is 2.17. The van der Waals surface area contributed by atoms with Gasteiger partial charge in [0.25, 0.3) is 5.91 Å². The van der Waals surface area contributed by atoms with Crippen LogP contribution in [0.15, 0.2) is 23.6 Å². The molecule has 1 amide bonds. The van der Waals surface area contributed by atoms with Gasteiger partial charge in [-0.3, -0.25) is 4.79 Å². The van der Waals surface area contributed by atoms with Gasteiger partial charge in [0.1, 0.15) is 17.8 Å². The summed E-state index contributed by atoms with van der Waals surface area (Å²) in [6, 6.07) is 8.26. The molecule has 7 heteroatoms. The van der Waals surface area contributed by atoms with E-state index in [1.807, 2.05) is 12.1 Å². The van der Waals surface area contributed by atoms with Crippen LogP contribution in [0.25, 0.3) is 0 Å². The van der Waals surface area contributed by atoms with Crippen molar-refractivity contribution in [3.05, 3.63) is 40.4 Å².